The third-order valence-corrected chi connectivity index (χ3v) is 7.10. The Kier molecular flexibility index (Phi) is 6.24. The van der Waals surface area contributed by atoms with Crippen LogP contribution in [0.5, 0.6) is 0 Å². The fourth-order valence-corrected chi connectivity index (χ4v) is 5.40. The van der Waals surface area contributed by atoms with Crippen molar-refractivity contribution >= 4 is 18.0 Å². The Hall–Kier alpha value is -3.39. The molecule has 2 N–H and O–H groups in total. The zero-order valence-corrected chi connectivity index (χ0v) is 18.8. The minimum Gasteiger partial charge on any atom is -0.479 e. The number of carboxylic acid groups (broad SMARTS) is 1. The number of carbonyl (C=O) groups is 3. The first-order valence-corrected chi connectivity index (χ1v) is 11.8. The summed E-state index contributed by atoms with van der Waals surface area (Å²) < 4.78 is 10.8. The smallest absolute Gasteiger partial charge is 0.407 e. The highest BCUT2D eigenvalue weighted by atomic mass is 16.5. The average Bonchev–Trinajstić information content (AvgIpc) is 3.45. The van der Waals surface area contributed by atoms with Crippen molar-refractivity contribution in [3.05, 3.63) is 59.7 Å². The van der Waals surface area contributed by atoms with Crippen LogP contribution in [0.3, 0.4) is 0 Å². The highest BCUT2D eigenvalue weighted by Crippen LogP contribution is 2.44. The first-order chi connectivity index (χ1) is 16.5. The van der Waals surface area contributed by atoms with Crippen molar-refractivity contribution in [1.29, 1.82) is 0 Å². The molecule has 34 heavy (non-hydrogen) atoms. The number of aliphatic carboxylic acids is 1. The number of hydrogen-bond acceptors (Lipinski definition) is 5. The van der Waals surface area contributed by atoms with Crippen LogP contribution < -0.4 is 5.32 Å². The number of morpholine rings is 1. The lowest BCUT2D eigenvalue weighted by Gasteiger charge is -2.32. The molecule has 1 aliphatic heterocycles. The Morgan fingerprint density at radius 3 is 2.38 bits per heavy atom. The lowest BCUT2D eigenvalue weighted by atomic mass is 9.98. The van der Waals surface area contributed by atoms with E-state index in [4.69, 9.17) is 14.6 Å². The zero-order chi connectivity index (χ0) is 23.7. The van der Waals surface area contributed by atoms with Crippen molar-refractivity contribution < 1.29 is 29.0 Å². The Labute approximate surface area is 197 Å². The molecule has 2 fully saturated rings. The number of alkyl carbamates (subject to hydrolysis) is 1. The number of nitrogens with one attached hydrogen (secondary N) is 1. The minimum absolute atomic E-state index is 0.000411. The van der Waals surface area contributed by atoms with E-state index in [1.54, 1.807) is 4.90 Å². The summed E-state index contributed by atoms with van der Waals surface area (Å²) in [4.78, 5) is 38.2. The van der Waals surface area contributed by atoms with Crippen molar-refractivity contribution in [2.24, 2.45) is 5.92 Å². The van der Waals surface area contributed by atoms with Crippen molar-refractivity contribution in [1.82, 2.24) is 10.2 Å². The maximum atomic E-state index is 12.9. The first kappa shape index (κ1) is 22.4. The summed E-state index contributed by atoms with van der Waals surface area (Å²) in [6, 6.07) is 16.2. The molecule has 1 heterocycles. The predicted octanol–water partition coefficient (Wildman–Crippen LogP) is 3.01. The number of ether oxygens (including phenoxy) is 2. The van der Waals surface area contributed by atoms with Gasteiger partial charge in [0, 0.05) is 24.4 Å². The topological polar surface area (TPSA) is 105 Å². The van der Waals surface area contributed by atoms with Gasteiger partial charge < -0.3 is 24.8 Å². The summed E-state index contributed by atoms with van der Waals surface area (Å²) in [5.41, 5.74) is 4.68. The van der Waals surface area contributed by atoms with Crippen LogP contribution in [-0.2, 0) is 19.1 Å². The number of benzene rings is 2. The summed E-state index contributed by atoms with van der Waals surface area (Å²) in [6.07, 6.45) is 0.416. The standard InChI is InChI=1S/C26H28N2O6/c29-24(28-11-12-33-23(14-28)25(30)31)16-9-10-17(13-16)27-26(32)34-15-22-20-7-3-1-5-18(20)19-6-2-4-8-21(19)22/h1-8,16-17,22-23H,9-15H2,(H,27,32)(H,30,31). The molecular formula is C26H28N2O6. The van der Waals surface area contributed by atoms with E-state index < -0.39 is 18.2 Å². The van der Waals surface area contributed by atoms with E-state index in [1.165, 1.54) is 11.1 Å². The Balaban J connectivity index is 1.14. The number of nitrogens with zero attached hydrogens (tertiary/aromatic N) is 1. The molecule has 2 aromatic carbocycles. The SMILES string of the molecule is O=C(NC1CCC(C(=O)N2CCOC(C(=O)O)C2)C1)OCC1c2ccccc2-c2ccccc21. The van der Waals surface area contributed by atoms with Crippen LogP contribution >= 0.6 is 0 Å². The minimum atomic E-state index is -1.06. The van der Waals surface area contributed by atoms with Crippen molar-refractivity contribution in [3.63, 3.8) is 0 Å². The van der Waals surface area contributed by atoms with Crippen LogP contribution in [0, 0.1) is 5.92 Å². The van der Waals surface area contributed by atoms with Gasteiger partial charge in [-0.2, -0.15) is 0 Å². The Morgan fingerprint density at radius 2 is 1.71 bits per heavy atom. The van der Waals surface area contributed by atoms with E-state index in [9.17, 15) is 14.4 Å². The van der Waals surface area contributed by atoms with Crippen LogP contribution in [0.4, 0.5) is 4.79 Å². The summed E-state index contributed by atoms with van der Waals surface area (Å²) in [7, 11) is 0. The number of rotatable bonds is 5. The van der Waals surface area contributed by atoms with Gasteiger partial charge in [0.05, 0.1) is 13.2 Å². The van der Waals surface area contributed by atoms with E-state index in [0.717, 1.165) is 11.1 Å². The quantitative estimate of drug-likeness (QED) is 0.705. The van der Waals surface area contributed by atoms with Crippen LogP contribution in [0.1, 0.15) is 36.3 Å². The molecule has 0 spiro atoms. The second kappa shape index (κ2) is 9.46. The average molecular weight is 465 g/mol. The van der Waals surface area contributed by atoms with E-state index in [-0.39, 0.29) is 43.5 Å². The molecular weight excluding hydrogens is 436 g/mol. The third-order valence-electron chi connectivity index (χ3n) is 7.10. The van der Waals surface area contributed by atoms with E-state index in [1.807, 2.05) is 24.3 Å². The second-order valence-electron chi connectivity index (χ2n) is 9.16. The van der Waals surface area contributed by atoms with Gasteiger partial charge in [-0.15, -0.1) is 0 Å². The molecule has 3 aliphatic rings. The van der Waals surface area contributed by atoms with Gasteiger partial charge in [-0.25, -0.2) is 9.59 Å². The predicted molar refractivity (Wildman–Crippen MR) is 123 cm³/mol. The molecule has 5 rings (SSSR count). The first-order valence-electron chi connectivity index (χ1n) is 11.8. The number of carbonyl (C=O) groups excluding carboxylic acids is 2. The summed E-state index contributed by atoms with van der Waals surface area (Å²) in [5, 5.41) is 12.1. The molecule has 1 saturated heterocycles. The molecule has 1 saturated carbocycles. The highest BCUT2D eigenvalue weighted by Gasteiger charge is 2.37. The molecule has 2 aromatic rings. The van der Waals surface area contributed by atoms with Crippen LogP contribution in [0.25, 0.3) is 11.1 Å². The molecule has 0 aromatic heterocycles. The van der Waals surface area contributed by atoms with Gasteiger partial charge >= 0.3 is 12.1 Å². The lowest BCUT2D eigenvalue weighted by Crippen LogP contribution is -2.50. The lowest BCUT2D eigenvalue weighted by molar-refractivity contribution is -0.160. The Morgan fingerprint density at radius 1 is 1.03 bits per heavy atom. The molecule has 8 heteroatoms. The maximum Gasteiger partial charge on any atom is 0.407 e. The molecule has 178 valence electrons. The second-order valence-corrected chi connectivity index (χ2v) is 9.16. The van der Waals surface area contributed by atoms with Gasteiger partial charge in [0.1, 0.15) is 6.61 Å². The molecule has 2 amide bonds. The number of fused-ring (bicyclic) bond motifs is 3. The molecule has 8 nitrogen and oxygen atoms in total. The molecule has 0 bridgehead atoms. The highest BCUT2D eigenvalue weighted by molar-refractivity contribution is 5.81. The number of hydrogen-bond donors (Lipinski definition) is 2. The zero-order valence-electron chi connectivity index (χ0n) is 18.8. The molecule has 3 atom stereocenters. The van der Waals surface area contributed by atoms with E-state index >= 15 is 0 Å². The van der Waals surface area contributed by atoms with Gasteiger partial charge in [-0.05, 0) is 41.5 Å². The molecule has 2 aliphatic carbocycles. The molecule has 3 unspecified atom stereocenters. The Bertz CT molecular complexity index is 1060. The normalized spacial score (nSPS) is 23.8. The van der Waals surface area contributed by atoms with Crippen molar-refractivity contribution in [2.45, 2.75) is 37.3 Å². The third kappa shape index (κ3) is 4.37. The summed E-state index contributed by atoms with van der Waals surface area (Å²) >= 11 is 0. The molecule has 0 radical (unpaired) electrons. The fourth-order valence-electron chi connectivity index (χ4n) is 5.40. The van der Waals surface area contributed by atoms with Gasteiger partial charge in [0.2, 0.25) is 5.91 Å². The largest absolute Gasteiger partial charge is 0.479 e. The van der Waals surface area contributed by atoms with Gasteiger partial charge in [-0.3, -0.25) is 4.79 Å². The van der Waals surface area contributed by atoms with Gasteiger partial charge in [0.15, 0.2) is 6.10 Å². The van der Waals surface area contributed by atoms with Crippen molar-refractivity contribution in [2.75, 3.05) is 26.3 Å². The monoisotopic (exact) mass is 464 g/mol. The van der Waals surface area contributed by atoms with Crippen LogP contribution in [0.15, 0.2) is 48.5 Å². The van der Waals surface area contributed by atoms with Crippen molar-refractivity contribution in [3.8, 4) is 11.1 Å². The fraction of sp³-hybridized carbons (Fsp3) is 0.423. The van der Waals surface area contributed by atoms with Gasteiger partial charge in [0.25, 0.3) is 0 Å². The van der Waals surface area contributed by atoms with Crippen LogP contribution in [0.2, 0.25) is 0 Å². The summed E-state index contributed by atoms with van der Waals surface area (Å²) in [6.45, 7) is 0.925. The maximum absolute atomic E-state index is 12.9. The number of carboxylic acids is 1. The van der Waals surface area contributed by atoms with E-state index in [2.05, 4.69) is 29.6 Å². The number of amides is 2. The van der Waals surface area contributed by atoms with Gasteiger partial charge in [-0.1, -0.05) is 48.5 Å². The van der Waals surface area contributed by atoms with E-state index in [0.29, 0.717) is 25.8 Å². The summed E-state index contributed by atoms with van der Waals surface area (Å²) in [5.74, 6) is -1.35. The van der Waals surface area contributed by atoms with Crippen LogP contribution in [-0.4, -0.2) is 66.4 Å².